The van der Waals surface area contributed by atoms with E-state index < -0.39 is 0 Å². The lowest BCUT2D eigenvalue weighted by molar-refractivity contribution is -0.120. The van der Waals surface area contributed by atoms with Crippen LogP contribution in [0, 0.1) is 11.8 Å². The molecule has 1 aromatic carbocycles. The molecular weight excluding hydrogens is 268 g/mol. The highest BCUT2D eigenvalue weighted by Crippen LogP contribution is 2.09. The van der Waals surface area contributed by atoms with Gasteiger partial charge >= 0.3 is 0 Å². The molecule has 0 atom stereocenters. The van der Waals surface area contributed by atoms with Gasteiger partial charge in [0.1, 0.15) is 0 Å². The van der Waals surface area contributed by atoms with E-state index in [-0.39, 0.29) is 5.91 Å². The maximum absolute atomic E-state index is 11.8. The third-order valence-corrected chi connectivity index (χ3v) is 3.54. The van der Waals surface area contributed by atoms with Gasteiger partial charge in [-0.3, -0.25) is 4.79 Å². The predicted octanol–water partition coefficient (Wildman–Crippen LogP) is 1.92. The molecule has 0 spiro atoms. The Morgan fingerprint density at radius 2 is 2.20 bits per heavy atom. The van der Waals surface area contributed by atoms with Crippen LogP contribution >= 0.6 is 11.3 Å². The summed E-state index contributed by atoms with van der Waals surface area (Å²) >= 11 is 1.59. The average Bonchev–Trinajstić information content (AvgIpc) is 2.96. The van der Waals surface area contributed by atoms with Gasteiger partial charge in [0.05, 0.1) is 13.0 Å². The Hall–Kier alpha value is -2.09. The van der Waals surface area contributed by atoms with Crippen LogP contribution in [0.5, 0.6) is 0 Å². The van der Waals surface area contributed by atoms with Crippen molar-refractivity contribution in [1.82, 2.24) is 5.32 Å². The number of nitrogens with two attached hydrogens (primary N) is 1. The van der Waals surface area contributed by atoms with Crippen LogP contribution in [0.15, 0.2) is 41.8 Å². The van der Waals surface area contributed by atoms with Crippen LogP contribution in [0.25, 0.3) is 0 Å². The highest BCUT2D eigenvalue weighted by Gasteiger charge is 2.04. The third-order valence-electron chi connectivity index (χ3n) is 2.67. The highest BCUT2D eigenvalue weighted by atomic mass is 32.1. The molecule has 1 heterocycles. The van der Waals surface area contributed by atoms with Gasteiger partial charge in [-0.05, 0) is 29.1 Å². The summed E-state index contributed by atoms with van der Waals surface area (Å²) in [6.45, 7) is 0.865. The minimum Gasteiger partial charge on any atom is -0.352 e. The molecule has 0 fully saturated rings. The number of carbonyl (C=O) groups excluding carboxylic acids is 1. The molecule has 3 nitrogen and oxygen atoms in total. The van der Waals surface area contributed by atoms with Crippen LogP contribution in [0.1, 0.15) is 16.0 Å². The molecule has 1 aromatic heterocycles. The number of rotatable bonds is 4. The number of benzene rings is 1. The third kappa shape index (κ3) is 4.54. The van der Waals surface area contributed by atoms with Gasteiger partial charge in [0.15, 0.2) is 0 Å². The molecule has 0 aliphatic carbocycles. The first-order valence-electron chi connectivity index (χ1n) is 6.35. The summed E-state index contributed by atoms with van der Waals surface area (Å²) in [5, 5.41) is 4.89. The highest BCUT2D eigenvalue weighted by molar-refractivity contribution is 7.10. The number of nitrogens with one attached hydrogen (secondary N) is 1. The minimum atomic E-state index is 0.0332. The topological polar surface area (TPSA) is 55.1 Å². The van der Waals surface area contributed by atoms with Crippen LogP contribution in [0.2, 0.25) is 0 Å². The van der Waals surface area contributed by atoms with Crippen LogP contribution in [-0.4, -0.2) is 12.5 Å². The van der Waals surface area contributed by atoms with Crippen molar-refractivity contribution >= 4 is 17.2 Å². The molecule has 2 aromatic rings. The first-order valence-corrected chi connectivity index (χ1v) is 7.23. The van der Waals surface area contributed by atoms with E-state index in [1.54, 1.807) is 11.3 Å². The van der Waals surface area contributed by atoms with Crippen molar-refractivity contribution in [2.75, 3.05) is 6.54 Å². The largest absolute Gasteiger partial charge is 0.352 e. The Labute approximate surface area is 122 Å². The van der Waals surface area contributed by atoms with Crippen molar-refractivity contribution in [2.45, 2.75) is 13.0 Å². The van der Waals surface area contributed by atoms with Gasteiger partial charge in [-0.15, -0.1) is 11.3 Å². The van der Waals surface area contributed by atoms with E-state index >= 15 is 0 Å². The number of hydrogen-bond donors (Lipinski definition) is 2. The lowest BCUT2D eigenvalue weighted by atomic mass is 10.1. The fourth-order valence-electron chi connectivity index (χ4n) is 1.75. The maximum atomic E-state index is 11.8. The second-order valence-corrected chi connectivity index (χ2v) is 5.27. The fraction of sp³-hybridized carbons (Fsp3) is 0.188. The second-order valence-electron chi connectivity index (χ2n) is 4.24. The van der Waals surface area contributed by atoms with Gasteiger partial charge in [0.2, 0.25) is 5.91 Å². The first-order chi connectivity index (χ1) is 9.78. The lowest BCUT2D eigenvalue weighted by Crippen LogP contribution is -2.24. The van der Waals surface area contributed by atoms with Crippen LogP contribution in [0.4, 0.5) is 0 Å². The SMILES string of the molecule is NCC#Cc1cccc(CNC(=O)Cc2cccs2)c1. The van der Waals surface area contributed by atoms with Gasteiger partial charge in [0, 0.05) is 17.0 Å². The maximum Gasteiger partial charge on any atom is 0.225 e. The molecule has 0 saturated carbocycles. The number of hydrogen-bond acceptors (Lipinski definition) is 3. The molecule has 0 bridgehead atoms. The summed E-state index contributed by atoms with van der Waals surface area (Å²) in [4.78, 5) is 12.9. The fourth-order valence-corrected chi connectivity index (χ4v) is 2.45. The standard InChI is InChI=1S/C16H16N2OS/c17-8-2-6-13-4-1-5-14(10-13)12-18-16(19)11-15-7-3-9-20-15/h1,3-5,7,9-10H,8,11-12,17H2,(H,18,19). The molecule has 0 aliphatic rings. The zero-order chi connectivity index (χ0) is 14.2. The molecule has 0 saturated heterocycles. The zero-order valence-electron chi connectivity index (χ0n) is 11.1. The molecule has 4 heteroatoms. The van der Waals surface area contributed by atoms with E-state index in [9.17, 15) is 4.79 Å². The quantitative estimate of drug-likeness (QED) is 0.843. The predicted molar refractivity (Wildman–Crippen MR) is 82.2 cm³/mol. The monoisotopic (exact) mass is 284 g/mol. The lowest BCUT2D eigenvalue weighted by Gasteiger charge is -2.05. The van der Waals surface area contributed by atoms with Crippen LogP contribution in [-0.2, 0) is 17.8 Å². The smallest absolute Gasteiger partial charge is 0.225 e. The molecule has 1 amide bonds. The van der Waals surface area contributed by atoms with Crippen LogP contribution < -0.4 is 11.1 Å². The summed E-state index contributed by atoms with van der Waals surface area (Å²) in [6, 6.07) is 11.7. The molecular formula is C16H16N2OS. The molecule has 2 rings (SSSR count). The Kier molecular flexibility index (Phi) is 5.36. The molecule has 20 heavy (non-hydrogen) atoms. The van der Waals surface area contributed by atoms with Gasteiger partial charge in [-0.25, -0.2) is 0 Å². The molecule has 102 valence electrons. The van der Waals surface area contributed by atoms with Crippen molar-refractivity contribution < 1.29 is 4.79 Å². The van der Waals surface area contributed by atoms with E-state index in [1.807, 2.05) is 41.8 Å². The van der Waals surface area contributed by atoms with E-state index in [4.69, 9.17) is 5.73 Å². The van der Waals surface area contributed by atoms with Crippen molar-refractivity contribution in [2.24, 2.45) is 5.73 Å². The van der Waals surface area contributed by atoms with Crippen molar-refractivity contribution in [1.29, 1.82) is 0 Å². The van der Waals surface area contributed by atoms with Crippen LogP contribution in [0.3, 0.4) is 0 Å². The Bertz CT molecular complexity index is 623. The first kappa shape index (κ1) is 14.3. The van der Waals surface area contributed by atoms with E-state index in [0.717, 1.165) is 16.0 Å². The zero-order valence-corrected chi connectivity index (χ0v) is 11.9. The summed E-state index contributed by atoms with van der Waals surface area (Å²) < 4.78 is 0. The van der Waals surface area contributed by atoms with E-state index in [0.29, 0.717) is 19.5 Å². The minimum absolute atomic E-state index is 0.0332. The van der Waals surface area contributed by atoms with Gasteiger partial charge in [-0.1, -0.05) is 30.0 Å². The molecule has 0 radical (unpaired) electrons. The normalized spacial score (nSPS) is 9.65. The van der Waals surface area contributed by atoms with Crippen molar-refractivity contribution in [3.63, 3.8) is 0 Å². The number of thiophene rings is 1. The molecule has 3 N–H and O–H groups in total. The van der Waals surface area contributed by atoms with Crippen molar-refractivity contribution in [3.8, 4) is 11.8 Å². The van der Waals surface area contributed by atoms with E-state index in [2.05, 4.69) is 17.2 Å². The van der Waals surface area contributed by atoms with Gasteiger partial charge in [-0.2, -0.15) is 0 Å². The number of carbonyl (C=O) groups is 1. The molecule has 0 aliphatic heterocycles. The number of amides is 1. The van der Waals surface area contributed by atoms with E-state index in [1.165, 1.54) is 0 Å². The second kappa shape index (κ2) is 7.49. The Balaban J connectivity index is 1.88. The average molecular weight is 284 g/mol. The van der Waals surface area contributed by atoms with Gasteiger partial charge < -0.3 is 11.1 Å². The Morgan fingerprint density at radius 3 is 2.95 bits per heavy atom. The summed E-state index contributed by atoms with van der Waals surface area (Å²) in [7, 11) is 0. The Morgan fingerprint density at radius 1 is 1.30 bits per heavy atom. The summed E-state index contributed by atoms with van der Waals surface area (Å²) in [5.74, 6) is 5.83. The summed E-state index contributed by atoms with van der Waals surface area (Å²) in [6.07, 6.45) is 0.435. The van der Waals surface area contributed by atoms with Gasteiger partial charge in [0.25, 0.3) is 0 Å². The molecule has 0 unspecified atom stereocenters. The van der Waals surface area contributed by atoms with Crippen molar-refractivity contribution in [3.05, 3.63) is 57.8 Å². The summed E-state index contributed by atoms with van der Waals surface area (Å²) in [5.41, 5.74) is 7.30.